The van der Waals surface area contributed by atoms with Crippen LogP contribution in [0, 0.1) is 0 Å². The van der Waals surface area contributed by atoms with Gasteiger partial charge in [-0.2, -0.15) is 0 Å². The fraction of sp³-hybridized carbons (Fsp3) is 0.556. The highest BCUT2D eigenvalue weighted by Crippen LogP contribution is 2.09. The summed E-state index contributed by atoms with van der Waals surface area (Å²) in [6.07, 6.45) is 0.966. The molecule has 0 aromatic carbocycles. The number of nitrogens with two attached hydrogens (primary N) is 1. The Morgan fingerprint density at radius 2 is 2.27 bits per heavy atom. The lowest BCUT2D eigenvalue weighted by Gasteiger charge is -2.14. The van der Waals surface area contributed by atoms with E-state index < -0.39 is 5.69 Å². The van der Waals surface area contributed by atoms with Gasteiger partial charge in [0.1, 0.15) is 0 Å². The maximum atomic E-state index is 11.0. The molecule has 2 heterocycles. The first-order valence-corrected chi connectivity index (χ1v) is 4.94. The van der Waals surface area contributed by atoms with Crippen LogP contribution in [0.1, 0.15) is 12.1 Å². The van der Waals surface area contributed by atoms with Gasteiger partial charge < -0.3 is 10.7 Å². The van der Waals surface area contributed by atoms with Crippen molar-refractivity contribution in [3.05, 3.63) is 32.6 Å². The van der Waals surface area contributed by atoms with E-state index in [-0.39, 0.29) is 11.6 Å². The molecule has 0 radical (unpaired) electrons. The minimum absolute atomic E-state index is 0.207. The SMILES string of the molecule is NC1CCN(Cc2cc(=O)[nH]c(=O)[nH]2)C1. The lowest BCUT2D eigenvalue weighted by Crippen LogP contribution is -2.29. The smallest absolute Gasteiger partial charge is 0.325 e. The van der Waals surface area contributed by atoms with Gasteiger partial charge in [-0.15, -0.1) is 0 Å². The Labute approximate surface area is 86.1 Å². The fourth-order valence-electron chi connectivity index (χ4n) is 1.85. The molecule has 6 nitrogen and oxygen atoms in total. The lowest BCUT2D eigenvalue weighted by atomic mass is 10.3. The zero-order valence-electron chi connectivity index (χ0n) is 8.32. The molecule has 6 heteroatoms. The monoisotopic (exact) mass is 210 g/mol. The Morgan fingerprint density at radius 1 is 1.47 bits per heavy atom. The third kappa shape index (κ3) is 2.54. The molecule has 0 amide bonds. The summed E-state index contributed by atoms with van der Waals surface area (Å²) in [7, 11) is 0. The fourth-order valence-corrected chi connectivity index (χ4v) is 1.85. The number of rotatable bonds is 2. The summed E-state index contributed by atoms with van der Waals surface area (Å²) in [5.74, 6) is 0. The third-order valence-electron chi connectivity index (χ3n) is 2.52. The maximum Gasteiger partial charge on any atom is 0.325 e. The molecule has 1 aliphatic rings. The summed E-state index contributed by atoms with van der Waals surface area (Å²) in [4.78, 5) is 28.9. The number of likely N-dealkylation sites (tertiary alicyclic amines) is 1. The molecule has 0 saturated carbocycles. The molecular formula is C9H14N4O2. The summed E-state index contributed by atoms with van der Waals surface area (Å²) in [5, 5.41) is 0. The Hall–Kier alpha value is -1.40. The Morgan fingerprint density at radius 3 is 2.87 bits per heavy atom. The van der Waals surface area contributed by atoms with Crippen molar-refractivity contribution in [2.24, 2.45) is 5.73 Å². The Balaban J connectivity index is 2.11. The highest BCUT2D eigenvalue weighted by atomic mass is 16.2. The topological polar surface area (TPSA) is 95.0 Å². The van der Waals surface area contributed by atoms with Gasteiger partial charge in [0.25, 0.3) is 5.56 Å². The first-order chi connectivity index (χ1) is 7.13. The standard InChI is InChI=1S/C9H14N4O2/c10-6-1-2-13(4-6)5-7-3-8(14)12-9(15)11-7/h3,6H,1-2,4-5,10H2,(H2,11,12,14,15). The van der Waals surface area contributed by atoms with Gasteiger partial charge in [0, 0.05) is 37.4 Å². The normalized spacial score (nSPS) is 22.1. The summed E-state index contributed by atoms with van der Waals surface area (Å²) >= 11 is 0. The number of aromatic nitrogens is 2. The van der Waals surface area contributed by atoms with Gasteiger partial charge in [0.05, 0.1) is 0 Å². The molecule has 1 aliphatic heterocycles. The Kier molecular flexibility index (Phi) is 2.70. The van der Waals surface area contributed by atoms with Gasteiger partial charge >= 0.3 is 5.69 Å². The van der Waals surface area contributed by atoms with Gasteiger partial charge in [-0.25, -0.2) is 4.79 Å². The minimum atomic E-state index is -0.457. The summed E-state index contributed by atoms with van der Waals surface area (Å²) < 4.78 is 0. The Bertz CT molecular complexity index is 422. The van der Waals surface area contributed by atoms with Crippen LogP contribution in [0.15, 0.2) is 15.7 Å². The second kappa shape index (κ2) is 4.00. The van der Waals surface area contributed by atoms with E-state index in [1.54, 1.807) is 0 Å². The molecule has 0 aliphatic carbocycles. The molecule has 0 spiro atoms. The van der Waals surface area contributed by atoms with Crippen LogP contribution in [0.3, 0.4) is 0 Å². The zero-order valence-corrected chi connectivity index (χ0v) is 8.32. The lowest BCUT2D eigenvalue weighted by molar-refractivity contribution is 0.322. The second-order valence-electron chi connectivity index (χ2n) is 3.90. The molecule has 1 saturated heterocycles. The number of H-pyrrole nitrogens is 2. The predicted octanol–water partition coefficient (Wildman–Crippen LogP) is -1.40. The molecule has 1 aromatic heterocycles. The highest BCUT2D eigenvalue weighted by molar-refractivity contribution is 4.99. The zero-order chi connectivity index (χ0) is 10.8. The highest BCUT2D eigenvalue weighted by Gasteiger charge is 2.19. The molecule has 15 heavy (non-hydrogen) atoms. The average Bonchev–Trinajstić information content (AvgIpc) is 2.49. The van der Waals surface area contributed by atoms with Crippen molar-refractivity contribution < 1.29 is 0 Å². The van der Waals surface area contributed by atoms with E-state index in [1.807, 2.05) is 0 Å². The molecule has 4 N–H and O–H groups in total. The van der Waals surface area contributed by atoms with Crippen LogP contribution in [0.5, 0.6) is 0 Å². The van der Waals surface area contributed by atoms with Crippen LogP contribution in [-0.2, 0) is 6.54 Å². The van der Waals surface area contributed by atoms with E-state index >= 15 is 0 Å². The van der Waals surface area contributed by atoms with Crippen LogP contribution in [0.25, 0.3) is 0 Å². The van der Waals surface area contributed by atoms with E-state index in [1.165, 1.54) is 6.07 Å². The number of hydrogen-bond donors (Lipinski definition) is 3. The number of aromatic amines is 2. The molecule has 0 bridgehead atoms. The van der Waals surface area contributed by atoms with E-state index in [0.717, 1.165) is 19.5 Å². The first-order valence-electron chi connectivity index (χ1n) is 4.94. The summed E-state index contributed by atoms with van der Waals surface area (Å²) in [5.41, 5.74) is 5.57. The van der Waals surface area contributed by atoms with Gasteiger partial charge in [-0.1, -0.05) is 0 Å². The number of nitrogens with zero attached hydrogens (tertiary/aromatic N) is 1. The minimum Gasteiger partial charge on any atom is -0.326 e. The first kappa shape index (κ1) is 10.1. The van der Waals surface area contributed by atoms with E-state index in [0.29, 0.717) is 12.2 Å². The van der Waals surface area contributed by atoms with Crippen molar-refractivity contribution in [3.63, 3.8) is 0 Å². The van der Waals surface area contributed by atoms with E-state index in [9.17, 15) is 9.59 Å². The summed E-state index contributed by atoms with van der Waals surface area (Å²) in [6, 6.07) is 1.62. The van der Waals surface area contributed by atoms with E-state index in [2.05, 4.69) is 14.9 Å². The van der Waals surface area contributed by atoms with Crippen LogP contribution < -0.4 is 17.0 Å². The molecule has 1 aromatic rings. The van der Waals surface area contributed by atoms with Crippen LogP contribution in [0.4, 0.5) is 0 Å². The molecule has 1 atom stereocenters. The third-order valence-corrected chi connectivity index (χ3v) is 2.52. The van der Waals surface area contributed by atoms with Gasteiger partial charge in [0.15, 0.2) is 0 Å². The quantitative estimate of drug-likeness (QED) is 0.559. The van der Waals surface area contributed by atoms with Crippen molar-refractivity contribution in [1.29, 1.82) is 0 Å². The maximum absolute atomic E-state index is 11.0. The van der Waals surface area contributed by atoms with Crippen LogP contribution >= 0.6 is 0 Å². The largest absolute Gasteiger partial charge is 0.326 e. The van der Waals surface area contributed by atoms with Crippen LogP contribution in [0.2, 0.25) is 0 Å². The van der Waals surface area contributed by atoms with Crippen molar-refractivity contribution in [2.45, 2.75) is 19.0 Å². The van der Waals surface area contributed by atoms with E-state index in [4.69, 9.17) is 5.73 Å². The molecule has 1 fully saturated rings. The van der Waals surface area contributed by atoms with Crippen molar-refractivity contribution in [3.8, 4) is 0 Å². The van der Waals surface area contributed by atoms with Gasteiger partial charge in [0.2, 0.25) is 0 Å². The number of nitrogens with one attached hydrogen (secondary N) is 2. The second-order valence-corrected chi connectivity index (χ2v) is 3.90. The molecule has 1 unspecified atom stereocenters. The van der Waals surface area contributed by atoms with Crippen LogP contribution in [-0.4, -0.2) is 34.0 Å². The van der Waals surface area contributed by atoms with Crippen molar-refractivity contribution in [2.75, 3.05) is 13.1 Å². The number of hydrogen-bond acceptors (Lipinski definition) is 4. The van der Waals surface area contributed by atoms with Gasteiger partial charge in [-0.3, -0.25) is 14.7 Å². The average molecular weight is 210 g/mol. The molecular weight excluding hydrogens is 196 g/mol. The predicted molar refractivity (Wildman–Crippen MR) is 55.6 cm³/mol. The van der Waals surface area contributed by atoms with Crippen molar-refractivity contribution >= 4 is 0 Å². The molecule has 2 rings (SSSR count). The van der Waals surface area contributed by atoms with Crippen molar-refractivity contribution in [1.82, 2.24) is 14.9 Å². The van der Waals surface area contributed by atoms with Gasteiger partial charge in [-0.05, 0) is 6.42 Å². The summed E-state index contributed by atoms with van der Waals surface area (Å²) in [6.45, 7) is 2.30. The molecule has 82 valence electrons.